The van der Waals surface area contributed by atoms with Crippen LogP contribution in [0.4, 0.5) is 0 Å². The van der Waals surface area contributed by atoms with E-state index in [2.05, 4.69) is 10.3 Å². The zero-order valence-corrected chi connectivity index (χ0v) is 16.3. The van der Waals surface area contributed by atoms with Crippen LogP contribution < -0.4 is 10.1 Å². The molecule has 0 aliphatic heterocycles. The molecule has 0 aliphatic rings. The zero-order valence-electron chi connectivity index (χ0n) is 16.3. The van der Waals surface area contributed by atoms with Crippen LogP contribution in [0, 0.1) is 13.8 Å². The zero-order chi connectivity index (χ0) is 20.1. The van der Waals surface area contributed by atoms with Gasteiger partial charge in [-0.05, 0) is 51.0 Å². The SMILES string of the molecule is COc1ccc(CNC(=O)[C@H](C)OC(=O)c2[nH]c(C)c([C@H](C)O)c2C)cc1. The van der Waals surface area contributed by atoms with E-state index in [9.17, 15) is 14.7 Å². The number of amides is 1. The van der Waals surface area contributed by atoms with E-state index < -0.39 is 24.1 Å². The molecular formula is C20H26N2O5. The van der Waals surface area contributed by atoms with Gasteiger partial charge in [-0.1, -0.05) is 12.1 Å². The Bertz CT molecular complexity index is 809. The summed E-state index contributed by atoms with van der Waals surface area (Å²) in [4.78, 5) is 27.5. The number of hydrogen-bond donors (Lipinski definition) is 3. The predicted octanol–water partition coefficient (Wildman–Crippen LogP) is 2.56. The Morgan fingerprint density at radius 1 is 1.19 bits per heavy atom. The maximum absolute atomic E-state index is 12.4. The van der Waals surface area contributed by atoms with Gasteiger partial charge >= 0.3 is 5.97 Å². The van der Waals surface area contributed by atoms with Gasteiger partial charge in [-0.15, -0.1) is 0 Å². The van der Waals surface area contributed by atoms with Crippen molar-refractivity contribution in [3.63, 3.8) is 0 Å². The molecule has 0 spiro atoms. The van der Waals surface area contributed by atoms with Crippen molar-refractivity contribution in [2.24, 2.45) is 0 Å². The highest BCUT2D eigenvalue weighted by atomic mass is 16.5. The van der Waals surface area contributed by atoms with Gasteiger partial charge in [0.1, 0.15) is 11.4 Å². The first kappa shape index (κ1) is 20.5. The number of aryl methyl sites for hydroxylation is 1. The number of nitrogens with one attached hydrogen (secondary N) is 2. The lowest BCUT2D eigenvalue weighted by atomic mass is 10.1. The van der Waals surface area contributed by atoms with Gasteiger partial charge in [0.05, 0.1) is 13.2 Å². The maximum atomic E-state index is 12.4. The van der Waals surface area contributed by atoms with Gasteiger partial charge in [-0.25, -0.2) is 4.79 Å². The summed E-state index contributed by atoms with van der Waals surface area (Å²) in [6, 6.07) is 7.30. The summed E-state index contributed by atoms with van der Waals surface area (Å²) in [6.07, 6.45) is -1.65. The molecule has 2 atom stereocenters. The number of aromatic amines is 1. The third kappa shape index (κ3) is 4.89. The lowest BCUT2D eigenvalue weighted by Crippen LogP contribution is -2.35. The fraction of sp³-hybridized carbons (Fsp3) is 0.400. The van der Waals surface area contributed by atoms with Gasteiger partial charge in [-0.3, -0.25) is 4.79 Å². The smallest absolute Gasteiger partial charge is 0.355 e. The Morgan fingerprint density at radius 2 is 1.81 bits per heavy atom. The van der Waals surface area contributed by atoms with Crippen molar-refractivity contribution in [1.29, 1.82) is 0 Å². The molecule has 1 aromatic heterocycles. The molecule has 0 saturated heterocycles. The molecule has 0 bridgehead atoms. The number of ether oxygens (including phenoxy) is 2. The third-order valence-corrected chi connectivity index (χ3v) is 4.40. The van der Waals surface area contributed by atoms with Crippen molar-refractivity contribution >= 4 is 11.9 Å². The van der Waals surface area contributed by atoms with Crippen molar-refractivity contribution in [1.82, 2.24) is 10.3 Å². The lowest BCUT2D eigenvalue weighted by molar-refractivity contribution is -0.129. The topological polar surface area (TPSA) is 101 Å². The highest BCUT2D eigenvalue weighted by Gasteiger charge is 2.24. The minimum absolute atomic E-state index is 0.248. The summed E-state index contributed by atoms with van der Waals surface area (Å²) in [5, 5.41) is 12.6. The van der Waals surface area contributed by atoms with Crippen LogP contribution in [-0.2, 0) is 16.1 Å². The van der Waals surface area contributed by atoms with Gasteiger partial charge in [0, 0.05) is 17.8 Å². The Morgan fingerprint density at radius 3 is 2.33 bits per heavy atom. The number of carbonyl (C=O) groups excluding carboxylic acids is 2. The Labute approximate surface area is 158 Å². The Kier molecular flexibility index (Phi) is 6.63. The molecule has 27 heavy (non-hydrogen) atoms. The van der Waals surface area contributed by atoms with Gasteiger partial charge < -0.3 is 24.9 Å². The number of aliphatic hydroxyl groups excluding tert-OH is 1. The maximum Gasteiger partial charge on any atom is 0.355 e. The average Bonchev–Trinajstić information content (AvgIpc) is 2.94. The molecule has 7 heteroatoms. The van der Waals surface area contributed by atoms with Crippen LogP contribution in [0.2, 0.25) is 0 Å². The molecular weight excluding hydrogens is 348 g/mol. The second-order valence-corrected chi connectivity index (χ2v) is 6.45. The minimum Gasteiger partial charge on any atom is -0.497 e. The van der Waals surface area contributed by atoms with E-state index in [1.165, 1.54) is 6.92 Å². The number of hydrogen-bond acceptors (Lipinski definition) is 5. The summed E-state index contributed by atoms with van der Waals surface area (Å²) in [7, 11) is 1.59. The molecule has 0 radical (unpaired) electrons. The third-order valence-electron chi connectivity index (χ3n) is 4.40. The molecule has 2 aromatic rings. The molecule has 3 N–H and O–H groups in total. The molecule has 1 heterocycles. The summed E-state index contributed by atoms with van der Waals surface area (Å²) in [5.41, 5.74) is 3.14. The van der Waals surface area contributed by atoms with E-state index in [0.717, 1.165) is 11.3 Å². The molecule has 0 saturated carbocycles. The molecule has 146 valence electrons. The van der Waals surface area contributed by atoms with E-state index in [1.807, 2.05) is 12.1 Å². The molecule has 0 unspecified atom stereocenters. The molecule has 2 rings (SSSR count). The quantitative estimate of drug-likeness (QED) is 0.647. The number of esters is 1. The number of rotatable bonds is 7. The largest absolute Gasteiger partial charge is 0.497 e. The fourth-order valence-electron chi connectivity index (χ4n) is 2.94. The first-order chi connectivity index (χ1) is 12.7. The number of aromatic nitrogens is 1. The second kappa shape index (κ2) is 8.73. The average molecular weight is 374 g/mol. The van der Waals surface area contributed by atoms with E-state index in [4.69, 9.17) is 9.47 Å². The van der Waals surface area contributed by atoms with Gasteiger partial charge in [0.25, 0.3) is 5.91 Å². The van der Waals surface area contributed by atoms with Crippen molar-refractivity contribution < 1.29 is 24.2 Å². The van der Waals surface area contributed by atoms with E-state index in [0.29, 0.717) is 23.4 Å². The summed E-state index contributed by atoms with van der Waals surface area (Å²) < 4.78 is 10.4. The second-order valence-electron chi connectivity index (χ2n) is 6.45. The number of aliphatic hydroxyl groups is 1. The number of benzene rings is 1. The van der Waals surface area contributed by atoms with Crippen molar-refractivity contribution in [3.8, 4) is 5.75 Å². The van der Waals surface area contributed by atoms with Crippen molar-refractivity contribution in [3.05, 3.63) is 52.3 Å². The van der Waals surface area contributed by atoms with E-state index >= 15 is 0 Å². The van der Waals surface area contributed by atoms with Crippen LogP contribution in [0.5, 0.6) is 5.75 Å². The number of carbonyl (C=O) groups is 2. The Hall–Kier alpha value is -2.80. The molecule has 1 amide bonds. The molecule has 0 aliphatic carbocycles. The predicted molar refractivity (Wildman–Crippen MR) is 101 cm³/mol. The standard InChI is InChI=1S/C20H26N2O5/c1-11-17(13(3)23)12(2)22-18(11)20(25)27-14(4)19(24)21-10-15-6-8-16(26-5)9-7-15/h6-9,13-14,22-23H,10H2,1-5H3,(H,21,24)/t13-,14-/m0/s1. The van der Waals surface area contributed by atoms with E-state index in [-0.39, 0.29) is 5.69 Å². The molecule has 0 fully saturated rings. The van der Waals surface area contributed by atoms with Crippen LogP contribution in [0.15, 0.2) is 24.3 Å². The fourth-order valence-corrected chi connectivity index (χ4v) is 2.94. The summed E-state index contributed by atoms with van der Waals surface area (Å²) in [6.45, 7) is 6.97. The normalized spacial score (nSPS) is 13.0. The van der Waals surface area contributed by atoms with E-state index in [1.54, 1.807) is 40.0 Å². The number of methoxy groups -OCH3 is 1. The van der Waals surface area contributed by atoms with Gasteiger partial charge in [-0.2, -0.15) is 0 Å². The van der Waals surface area contributed by atoms with Crippen LogP contribution in [0.25, 0.3) is 0 Å². The van der Waals surface area contributed by atoms with Crippen LogP contribution in [0.1, 0.15) is 52.8 Å². The van der Waals surface area contributed by atoms with Crippen LogP contribution >= 0.6 is 0 Å². The first-order valence-electron chi connectivity index (χ1n) is 8.73. The van der Waals surface area contributed by atoms with Gasteiger partial charge in [0.2, 0.25) is 0 Å². The highest BCUT2D eigenvalue weighted by molar-refractivity contribution is 5.92. The lowest BCUT2D eigenvalue weighted by Gasteiger charge is -2.14. The van der Waals surface area contributed by atoms with Crippen LogP contribution in [0.3, 0.4) is 0 Å². The summed E-state index contributed by atoms with van der Waals surface area (Å²) >= 11 is 0. The van der Waals surface area contributed by atoms with Gasteiger partial charge in [0.15, 0.2) is 6.10 Å². The summed E-state index contributed by atoms with van der Waals surface area (Å²) in [5.74, 6) is -0.286. The van der Waals surface area contributed by atoms with Crippen molar-refractivity contribution in [2.75, 3.05) is 7.11 Å². The van der Waals surface area contributed by atoms with Crippen LogP contribution in [-0.4, -0.2) is 35.2 Å². The molecule has 7 nitrogen and oxygen atoms in total. The minimum atomic E-state index is -0.950. The monoisotopic (exact) mass is 374 g/mol. The highest BCUT2D eigenvalue weighted by Crippen LogP contribution is 2.25. The van der Waals surface area contributed by atoms with Crippen molar-refractivity contribution in [2.45, 2.75) is 46.4 Å². The number of H-pyrrole nitrogens is 1. The Balaban J connectivity index is 1.95. The molecule has 1 aromatic carbocycles. The first-order valence-corrected chi connectivity index (χ1v) is 8.73.